The highest BCUT2D eigenvalue weighted by Crippen LogP contribution is 2.39. The van der Waals surface area contributed by atoms with Crippen molar-refractivity contribution in [2.45, 2.75) is 125 Å². The molecule has 4 aliphatic rings. The molecule has 0 saturated carbocycles. The van der Waals surface area contributed by atoms with E-state index < -0.39 is 97.3 Å². The summed E-state index contributed by atoms with van der Waals surface area (Å²) in [6.45, 7) is 3.34. The Morgan fingerprint density at radius 1 is 0.936 bits per heavy atom. The van der Waals surface area contributed by atoms with E-state index in [0.717, 1.165) is 0 Å². The molecule has 2 bridgehead atoms. The molecule has 14 atom stereocenters. The zero-order valence-corrected chi connectivity index (χ0v) is 26.4. The van der Waals surface area contributed by atoms with E-state index in [9.17, 15) is 40.2 Å². The van der Waals surface area contributed by atoms with Gasteiger partial charge in [-0.2, -0.15) is 0 Å². The van der Waals surface area contributed by atoms with Gasteiger partial charge < -0.3 is 60.1 Å². The van der Waals surface area contributed by atoms with E-state index in [2.05, 4.69) is 0 Å². The third-order valence-electron chi connectivity index (χ3n) is 8.58. The van der Waals surface area contributed by atoms with E-state index in [0.29, 0.717) is 6.42 Å². The van der Waals surface area contributed by atoms with E-state index in [1.165, 1.54) is 12.2 Å². The molecule has 4 aliphatic heterocycles. The summed E-state index contributed by atoms with van der Waals surface area (Å²) in [7, 11) is 0. The molecule has 262 valence electrons. The Balaban J connectivity index is 1.58. The Morgan fingerprint density at radius 3 is 2.36 bits per heavy atom. The van der Waals surface area contributed by atoms with Crippen LogP contribution in [-0.2, 0) is 33.3 Å². The Labute approximate surface area is 273 Å². The van der Waals surface area contributed by atoms with Gasteiger partial charge in [0, 0.05) is 38.2 Å². The van der Waals surface area contributed by atoms with Gasteiger partial charge in [0.2, 0.25) is 0 Å². The van der Waals surface area contributed by atoms with Gasteiger partial charge in [-0.1, -0.05) is 48.6 Å². The first kappa shape index (κ1) is 37.1. The third kappa shape index (κ3) is 10.6. The number of aliphatic hydroxyl groups excluding tert-OH is 4. The van der Waals surface area contributed by atoms with Gasteiger partial charge in [-0.15, -0.1) is 0 Å². The number of aliphatic carboxylic acids is 1. The van der Waals surface area contributed by atoms with Crippen LogP contribution in [0.25, 0.3) is 0 Å². The van der Waals surface area contributed by atoms with Crippen molar-refractivity contribution in [1.82, 2.24) is 0 Å². The number of allylic oxidation sites excluding steroid dienone is 6. The maximum absolute atomic E-state index is 12.3. The van der Waals surface area contributed by atoms with Crippen LogP contribution in [0.5, 0.6) is 0 Å². The van der Waals surface area contributed by atoms with Gasteiger partial charge in [-0.25, -0.2) is 4.79 Å². The van der Waals surface area contributed by atoms with E-state index >= 15 is 0 Å². The monoisotopic (exact) mass is 665 g/mol. The lowest BCUT2D eigenvalue weighted by atomic mass is 9.83. The molecule has 10 unspecified atom stereocenters. The second-order valence-corrected chi connectivity index (χ2v) is 12.6. The molecule has 0 spiro atoms. The van der Waals surface area contributed by atoms with Crippen molar-refractivity contribution in [2.24, 2.45) is 11.7 Å². The minimum absolute atomic E-state index is 0.0789. The van der Waals surface area contributed by atoms with Gasteiger partial charge in [-0.3, -0.25) is 4.79 Å². The number of carboxylic acid groups (broad SMARTS) is 1. The second kappa shape index (κ2) is 16.6. The zero-order chi connectivity index (χ0) is 34.3. The SMILES string of the molecule is CC1CC=CC=CC=CC=CC(O[C@@H]2OC(C)C(O)C(N)C2O)C[C@@H]2O[C@](O)(CC(O)C[C@H]3OC3C=CC(=O)O1)CC(O)C2C(=O)O. The summed E-state index contributed by atoms with van der Waals surface area (Å²) < 4.78 is 28.5. The highest BCUT2D eigenvalue weighted by atomic mass is 16.7. The first-order valence-corrected chi connectivity index (χ1v) is 15.9. The predicted molar refractivity (Wildman–Crippen MR) is 165 cm³/mol. The molecule has 3 saturated heterocycles. The maximum Gasteiger partial charge on any atom is 0.330 e. The van der Waals surface area contributed by atoms with Crippen molar-refractivity contribution in [3.8, 4) is 0 Å². The van der Waals surface area contributed by atoms with E-state index in [1.807, 2.05) is 6.08 Å². The van der Waals surface area contributed by atoms with E-state index in [1.54, 1.807) is 56.4 Å². The summed E-state index contributed by atoms with van der Waals surface area (Å²) in [6.07, 6.45) is 5.25. The van der Waals surface area contributed by atoms with Gasteiger partial charge in [0.1, 0.15) is 24.2 Å². The fourth-order valence-electron chi connectivity index (χ4n) is 6.00. The van der Waals surface area contributed by atoms with Crippen LogP contribution < -0.4 is 5.73 Å². The number of aliphatic hydroxyl groups is 5. The van der Waals surface area contributed by atoms with Crippen molar-refractivity contribution in [1.29, 1.82) is 0 Å². The third-order valence-corrected chi connectivity index (χ3v) is 8.58. The molecular weight excluding hydrogens is 618 g/mol. The lowest BCUT2D eigenvalue weighted by Crippen LogP contribution is -2.61. The van der Waals surface area contributed by atoms with Crippen molar-refractivity contribution >= 4 is 11.9 Å². The molecule has 4 heterocycles. The fourth-order valence-corrected chi connectivity index (χ4v) is 6.00. The Bertz CT molecular complexity index is 1220. The number of nitrogens with two attached hydrogens (primary N) is 1. The standard InChI is InChI=1S/C33H47NO13/c1-18-10-8-6-4-3-5-7-9-11-21(45-32-30(39)28(34)29(38)19(2)44-32)15-25-27(31(40)41)22(36)17-33(42,47-25)16-20(35)14-24-23(46-24)12-13-26(37)43-18/h3-9,11-13,18-25,27-30,32,35-36,38-39,42H,10,14-17,34H2,1-2H3,(H,40,41)/t18?,19?,20?,21?,22?,23?,24-,25+,27?,28?,29?,30?,32+,33-/m1/s1. The fraction of sp³-hybridized carbons (Fsp3) is 0.636. The molecule has 14 nitrogen and oxygen atoms in total. The molecule has 8 N–H and O–H groups in total. The maximum atomic E-state index is 12.3. The number of hydrogen-bond acceptors (Lipinski definition) is 13. The number of esters is 1. The molecule has 3 fully saturated rings. The van der Waals surface area contributed by atoms with Gasteiger partial charge >= 0.3 is 11.9 Å². The zero-order valence-electron chi connectivity index (χ0n) is 26.4. The summed E-state index contributed by atoms with van der Waals surface area (Å²) in [5.41, 5.74) is 5.98. The molecule has 14 heteroatoms. The molecule has 0 aromatic heterocycles. The van der Waals surface area contributed by atoms with Crippen molar-refractivity contribution in [3.05, 3.63) is 60.8 Å². The molecule has 47 heavy (non-hydrogen) atoms. The topological polar surface area (TPSA) is 231 Å². The van der Waals surface area contributed by atoms with Crippen molar-refractivity contribution in [3.63, 3.8) is 0 Å². The quantitative estimate of drug-likeness (QED) is 0.157. The summed E-state index contributed by atoms with van der Waals surface area (Å²) >= 11 is 0. The summed E-state index contributed by atoms with van der Waals surface area (Å²) in [5, 5.41) is 63.9. The predicted octanol–water partition coefficient (Wildman–Crippen LogP) is 0.120. The number of ether oxygens (including phenoxy) is 5. The Morgan fingerprint density at radius 2 is 1.64 bits per heavy atom. The van der Waals surface area contributed by atoms with Gasteiger partial charge in [0.05, 0.1) is 48.8 Å². The summed E-state index contributed by atoms with van der Waals surface area (Å²) in [5.74, 6) is -5.45. The van der Waals surface area contributed by atoms with Crippen LogP contribution in [0.2, 0.25) is 0 Å². The van der Waals surface area contributed by atoms with Crippen LogP contribution in [0.1, 0.15) is 46.0 Å². The van der Waals surface area contributed by atoms with Crippen LogP contribution in [0.15, 0.2) is 60.8 Å². The molecule has 0 aromatic carbocycles. The van der Waals surface area contributed by atoms with E-state index in [4.69, 9.17) is 29.4 Å². The number of carboxylic acids is 1. The number of carbonyl (C=O) groups excluding carboxylic acids is 1. The largest absolute Gasteiger partial charge is 0.481 e. The molecular formula is C33H47NO13. The molecule has 0 aromatic rings. The summed E-state index contributed by atoms with van der Waals surface area (Å²) in [4.78, 5) is 24.4. The van der Waals surface area contributed by atoms with Crippen LogP contribution in [0.4, 0.5) is 0 Å². The number of epoxide rings is 1. The molecule has 0 radical (unpaired) electrons. The Kier molecular flexibility index (Phi) is 13.1. The first-order valence-electron chi connectivity index (χ1n) is 15.9. The number of rotatable bonds is 3. The summed E-state index contributed by atoms with van der Waals surface area (Å²) in [6, 6.07) is -1.08. The van der Waals surface area contributed by atoms with Crippen LogP contribution in [0.3, 0.4) is 0 Å². The molecule has 4 rings (SSSR count). The van der Waals surface area contributed by atoms with Crippen LogP contribution in [0, 0.1) is 5.92 Å². The number of carbonyl (C=O) groups is 2. The van der Waals surface area contributed by atoms with Gasteiger partial charge in [-0.05, 0) is 19.9 Å². The second-order valence-electron chi connectivity index (χ2n) is 12.6. The van der Waals surface area contributed by atoms with Crippen LogP contribution in [-0.4, -0.2) is 122 Å². The average molecular weight is 666 g/mol. The minimum atomic E-state index is -2.10. The highest BCUT2D eigenvalue weighted by molar-refractivity contribution is 5.82. The van der Waals surface area contributed by atoms with Crippen molar-refractivity contribution in [2.75, 3.05) is 0 Å². The van der Waals surface area contributed by atoms with Crippen LogP contribution >= 0.6 is 0 Å². The number of cyclic esters (lactones) is 1. The highest BCUT2D eigenvalue weighted by Gasteiger charge is 2.51. The average Bonchev–Trinajstić information content (AvgIpc) is 3.72. The number of fused-ring (bicyclic) bond motifs is 3. The first-order chi connectivity index (χ1) is 22.3. The number of hydrogen-bond donors (Lipinski definition) is 7. The van der Waals surface area contributed by atoms with E-state index in [-0.39, 0.29) is 25.4 Å². The Hall–Kier alpha value is -2.76. The smallest absolute Gasteiger partial charge is 0.330 e. The minimum Gasteiger partial charge on any atom is -0.481 e. The normalized spacial score (nSPS) is 43.8. The van der Waals surface area contributed by atoms with Gasteiger partial charge in [0.25, 0.3) is 0 Å². The lowest BCUT2D eigenvalue weighted by molar-refractivity contribution is -0.308. The molecule has 0 amide bonds. The lowest BCUT2D eigenvalue weighted by Gasteiger charge is -2.45. The van der Waals surface area contributed by atoms with Crippen molar-refractivity contribution < 1.29 is 63.9 Å². The molecule has 0 aliphatic carbocycles. The van der Waals surface area contributed by atoms with Gasteiger partial charge in [0.15, 0.2) is 12.1 Å².